The molecule has 1 heterocycles. The van der Waals surface area contributed by atoms with Crippen molar-refractivity contribution in [1.82, 2.24) is 0 Å². The minimum absolute atomic E-state index is 0.286. The fraction of sp³-hybridized carbons (Fsp3) is 0.562. The summed E-state index contributed by atoms with van der Waals surface area (Å²) in [7, 11) is 0. The van der Waals surface area contributed by atoms with E-state index < -0.39 is 5.60 Å². The van der Waals surface area contributed by atoms with Crippen LogP contribution in [0, 0.1) is 12.8 Å². The number of quaternary nitrogens is 1. The van der Waals surface area contributed by atoms with E-state index in [1.165, 1.54) is 0 Å². The molecular weight excluding hydrogens is 274 g/mol. The summed E-state index contributed by atoms with van der Waals surface area (Å²) >= 11 is 6.07. The number of halogens is 1. The van der Waals surface area contributed by atoms with Gasteiger partial charge >= 0.3 is 5.97 Å². The lowest BCUT2D eigenvalue weighted by molar-refractivity contribution is -0.665. The van der Waals surface area contributed by atoms with E-state index in [1.54, 1.807) is 12.1 Å². The molecule has 0 aliphatic carbocycles. The van der Waals surface area contributed by atoms with Crippen molar-refractivity contribution >= 4 is 17.6 Å². The molecule has 0 aromatic heterocycles. The highest BCUT2D eigenvalue weighted by molar-refractivity contribution is 6.31. The first-order valence-corrected chi connectivity index (χ1v) is 7.59. The Hall–Kier alpha value is -1.06. The van der Waals surface area contributed by atoms with Crippen molar-refractivity contribution in [2.24, 2.45) is 5.92 Å². The monoisotopic (exact) mass is 296 g/mol. The third-order valence-electron chi connectivity index (χ3n) is 4.18. The lowest BCUT2D eigenvalue weighted by atomic mass is 9.83. The number of carbonyl (C=O) groups excluding carboxylic acids is 1. The van der Waals surface area contributed by atoms with E-state index in [9.17, 15) is 4.79 Å². The highest BCUT2D eigenvalue weighted by atomic mass is 35.5. The average Bonchev–Trinajstić information content (AvgIpc) is 2.42. The molecule has 1 aromatic carbocycles. The van der Waals surface area contributed by atoms with Gasteiger partial charge in [-0.15, -0.1) is 0 Å². The maximum absolute atomic E-state index is 12.3. The van der Waals surface area contributed by atoms with E-state index in [0.29, 0.717) is 16.5 Å². The molecule has 2 rings (SSSR count). The quantitative estimate of drug-likeness (QED) is 0.871. The summed E-state index contributed by atoms with van der Waals surface area (Å²) in [6.07, 6.45) is 2.18. The second kappa shape index (κ2) is 6.15. The molecule has 0 amide bonds. The Labute approximate surface area is 125 Å². The molecule has 2 N–H and O–H groups in total. The van der Waals surface area contributed by atoms with Crippen LogP contribution in [0.4, 0.5) is 0 Å². The van der Waals surface area contributed by atoms with Gasteiger partial charge in [-0.2, -0.15) is 0 Å². The molecule has 20 heavy (non-hydrogen) atoms. The van der Waals surface area contributed by atoms with Crippen molar-refractivity contribution in [1.29, 1.82) is 0 Å². The van der Waals surface area contributed by atoms with Crippen molar-refractivity contribution in [3.8, 4) is 0 Å². The van der Waals surface area contributed by atoms with E-state index in [0.717, 1.165) is 31.5 Å². The SMILES string of the molecule is Cc1ccc(C(=O)OC(C)(C)C2CC[NH2+]CC2)cc1Cl. The number of hydrogen-bond donors (Lipinski definition) is 1. The fourth-order valence-corrected chi connectivity index (χ4v) is 2.90. The lowest BCUT2D eigenvalue weighted by Crippen LogP contribution is -2.86. The maximum atomic E-state index is 12.3. The Morgan fingerprint density at radius 3 is 2.60 bits per heavy atom. The van der Waals surface area contributed by atoms with Crippen molar-refractivity contribution in [3.05, 3.63) is 34.3 Å². The van der Waals surface area contributed by atoms with Gasteiger partial charge in [0.15, 0.2) is 0 Å². The van der Waals surface area contributed by atoms with Crippen LogP contribution in [0.15, 0.2) is 18.2 Å². The summed E-state index contributed by atoms with van der Waals surface area (Å²) in [5.41, 5.74) is 1.06. The summed E-state index contributed by atoms with van der Waals surface area (Å²) in [4.78, 5) is 12.3. The minimum atomic E-state index is -0.428. The van der Waals surface area contributed by atoms with Gasteiger partial charge in [0.05, 0.1) is 18.7 Å². The van der Waals surface area contributed by atoms with Crippen LogP contribution in [0.25, 0.3) is 0 Å². The van der Waals surface area contributed by atoms with Crippen LogP contribution in [0.2, 0.25) is 5.02 Å². The number of nitrogens with two attached hydrogens (primary N) is 1. The topological polar surface area (TPSA) is 42.9 Å². The predicted molar refractivity (Wildman–Crippen MR) is 80.1 cm³/mol. The van der Waals surface area contributed by atoms with E-state index in [1.807, 2.05) is 26.8 Å². The third-order valence-corrected chi connectivity index (χ3v) is 4.59. The van der Waals surface area contributed by atoms with Crippen molar-refractivity contribution in [2.45, 2.75) is 39.2 Å². The number of piperidine rings is 1. The van der Waals surface area contributed by atoms with Crippen LogP contribution in [0.1, 0.15) is 42.6 Å². The number of rotatable bonds is 3. The van der Waals surface area contributed by atoms with Crippen LogP contribution in [0.5, 0.6) is 0 Å². The lowest BCUT2D eigenvalue weighted by Gasteiger charge is -2.35. The third kappa shape index (κ3) is 3.53. The number of aryl methyl sites for hydroxylation is 1. The van der Waals surface area contributed by atoms with Crippen LogP contribution < -0.4 is 5.32 Å². The van der Waals surface area contributed by atoms with Crippen LogP contribution in [-0.4, -0.2) is 24.7 Å². The maximum Gasteiger partial charge on any atom is 0.338 e. The summed E-state index contributed by atoms with van der Waals surface area (Å²) in [6, 6.07) is 5.31. The Morgan fingerprint density at radius 2 is 2.00 bits per heavy atom. The van der Waals surface area contributed by atoms with Gasteiger partial charge in [0.2, 0.25) is 0 Å². The molecule has 1 aliphatic rings. The summed E-state index contributed by atoms with van der Waals surface area (Å²) < 4.78 is 5.75. The van der Waals surface area contributed by atoms with E-state index in [2.05, 4.69) is 5.32 Å². The zero-order valence-corrected chi connectivity index (χ0v) is 13.2. The van der Waals surface area contributed by atoms with Gasteiger partial charge in [-0.25, -0.2) is 4.79 Å². The highest BCUT2D eigenvalue weighted by Gasteiger charge is 2.35. The van der Waals surface area contributed by atoms with Crippen molar-refractivity contribution in [2.75, 3.05) is 13.1 Å². The second-order valence-corrected chi connectivity index (χ2v) is 6.50. The Morgan fingerprint density at radius 1 is 1.35 bits per heavy atom. The van der Waals surface area contributed by atoms with E-state index >= 15 is 0 Å². The molecule has 1 saturated heterocycles. The number of benzene rings is 1. The molecule has 0 bridgehead atoms. The first-order chi connectivity index (χ1) is 9.40. The molecule has 110 valence electrons. The highest BCUT2D eigenvalue weighted by Crippen LogP contribution is 2.29. The number of ether oxygens (including phenoxy) is 1. The molecule has 0 radical (unpaired) electrons. The van der Waals surface area contributed by atoms with Gasteiger partial charge in [-0.1, -0.05) is 17.7 Å². The molecule has 0 spiro atoms. The minimum Gasteiger partial charge on any atom is -0.456 e. The van der Waals surface area contributed by atoms with Gasteiger partial charge in [0.1, 0.15) is 5.60 Å². The molecule has 0 unspecified atom stereocenters. The van der Waals surface area contributed by atoms with Gasteiger partial charge in [0, 0.05) is 23.8 Å². The molecular formula is C16H23ClNO2+. The van der Waals surface area contributed by atoms with Gasteiger partial charge < -0.3 is 10.1 Å². The van der Waals surface area contributed by atoms with Crippen LogP contribution in [0.3, 0.4) is 0 Å². The first-order valence-electron chi connectivity index (χ1n) is 7.21. The van der Waals surface area contributed by atoms with E-state index in [4.69, 9.17) is 16.3 Å². The van der Waals surface area contributed by atoms with Gasteiger partial charge in [0.25, 0.3) is 0 Å². The Bertz CT molecular complexity index is 493. The molecule has 1 fully saturated rings. The summed E-state index contributed by atoms with van der Waals surface area (Å²) in [5, 5.41) is 2.92. The number of carbonyl (C=O) groups is 1. The van der Waals surface area contributed by atoms with Crippen LogP contribution >= 0.6 is 11.6 Å². The average molecular weight is 297 g/mol. The first kappa shape index (κ1) is 15.3. The van der Waals surface area contributed by atoms with Gasteiger partial charge in [-0.3, -0.25) is 0 Å². The molecule has 0 saturated carbocycles. The smallest absolute Gasteiger partial charge is 0.338 e. The van der Waals surface area contributed by atoms with Gasteiger partial charge in [-0.05, 0) is 38.5 Å². The molecule has 1 aliphatic heterocycles. The number of esters is 1. The Balaban J connectivity index is 2.07. The summed E-state index contributed by atoms with van der Waals surface area (Å²) in [6.45, 7) is 8.16. The zero-order valence-electron chi connectivity index (χ0n) is 12.4. The standard InChI is InChI=1S/C16H22ClNO2/c1-11-4-5-12(10-14(11)17)15(19)20-16(2,3)13-6-8-18-9-7-13/h4-5,10,13,18H,6-9H2,1-3H3/p+1. The molecule has 3 nitrogen and oxygen atoms in total. The van der Waals surface area contributed by atoms with Crippen LogP contribution in [-0.2, 0) is 4.74 Å². The zero-order chi connectivity index (χ0) is 14.8. The van der Waals surface area contributed by atoms with E-state index in [-0.39, 0.29) is 5.97 Å². The predicted octanol–water partition coefficient (Wildman–Crippen LogP) is 2.56. The van der Waals surface area contributed by atoms with Crippen molar-refractivity contribution in [3.63, 3.8) is 0 Å². The normalized spacial score (nSPS) is 17.0. The summed E-state index contributed by atoms with van der Waals surface area (Å²) in [5.74, 6) is 0.142. The molecule has 4 heteroatoms. The second-order valence-electron chi connectivity index (χ2n) is 6.10. The Kier molecular flexibility index (Phi) is 4.71. The largest absolute Gasteiger partial charge is 0.456 e. The number of hydrogen-bond acceptors (Lipinski definition) is 2. The molecule has 1 aromatic rings. The fourth-order valence-electron chi connectivity index (χ4n) is 2.72. The van der Waals surface area contributed by atoms with Crippen molar-refractivity contribution < 1.29 is 14.8 Å². The molecule has 0 atom stereocenters.